The van der Waals surface area contributed by atoms with Gasteiger partial charge in [-0.25, -0.2) is 0 Å². The molecule has 2 N–H and O–H groups in total. The van der Waals surface area contributed by atoms with Gasteiger partial charge >= 0.3 is 0 Å². The third-order valence-corrected chi connectivity index (χ3v) is 8.24. The van der Waals surface area contributed by atoms with Gasteiger partial charge in [0.15, 0.2) is 17.1 Å². The lowest BCUT2D eigenvalue weighted by atomic mass is 9.79. The molecule has 1 heterocycles. The first-order valence-electron chi connectivity index (χ1n) is 12.6. The summed E-state index contributed by atoms with van der Waals surface area (Å²) in [7, 11) is 3.31. The molecule has 2 aromatic rings. The van der Waals surface area contributed by atoms with Crippen LogP contribution in [0.2, 0.25) is 0 Å². The number of aliphatic hydroxyl groups is 1. The average Bonchev–Trinajstić information content (AvgIpc) is 3.28. The topological polar surface area (TPSA) is 71.0 Å². The maximum Gasteiger partial charge on any atom is 0.257 e. The summed E-state index contributed by atoms with van der Waals surface area (Å²) >= 11 is 0. The number of ether oxygens (including phenoxy) is 2. The summed E-state index contributed by atoms with van der Waals surface area (Å²) in [4.78, 5) is 15.9. The summed E-state index contributed by atoms with van der Waals surface area (Å²) < 4.78 is 10.8. The third kappa shape index (κ3) is 4.29. The van der Waals surface area contributed by atoms with Crippen molar-refractivity contribution in [2.45, 2.75) is 43.7 Å². The van der Waals surface area contributed by atoms with Gasteiger partial charge in [0, 0.05) is 31.6 Å². The quantitative estimate of drug-likeness (QED) is 0.596. The Morgan fingerprint density at radius 2 is 1.71 bits per heavy atom. The van der Waals surface area contributed by atoms with E-state index in [9.17, 15) is 9.90 Å². The van der Waals surface area contributed by atoms with Crippen LogP contribution in [0.1, 0.15) is 36.8 Å². The van der Waals surface area contributed by atoms with Gasteiger partial charge in [-0.1, -0.05) is 49.2 Å². The second-order valence-electron chi connectivity index (χ2n) is 10.1. The highest BCUT2D eigenvalue weighted by molar-refractivity contribution is 5.87. The standard InChI is InChI=1S/C28H36N2O4/c1-33-24-13-12-19(16-25(24)34-2)14-15-30-17-22-23(18-30)26(22)29-27(31)28(32,21-10-6-7-11-21)20-8-4-3-5-9-20/h3-5,8-9,12-13,16,21-23,26,32H,6-7,10-11,14-15,17-18H2,1-2H3,(H,29,31)/t22-,23+,26?,28?. The molecule has 2 aliphatic carbocycles. The van der Waals surface area contributed by atoms with E-state index in [4.69, 9.17) is 9.47 Å². The molecule has 3 fully saturated rings. The van der Waals surface area contributed by atoms with Crippen LogP contribution in [0.25, 0.3) is 0 Å². The van der Waals surface area contributed by atoms with Crippen LogP contribution in [0.3, 0.4) is 0 Å². The van der Waals surface area contributed by atoms with Crippen LogP contribution in [0, 0.1) is 17.8 Å². The van der Waals surface area contributed by atoms with Crippen molar-refractivity contribution in [1.82, 2.24) is 10.2 Å². The van der Waals surface area contributed by atoms with E-state index >= 15 is 0 Å². The van der Waals surface area contributed by atoms with Crippen molar-refractivity contribution >= 4 is 5.91 Å². The van der Waals surface area contributed by atoms with Gasteiger partial charge in [0.1, 0.15) is 0 Å². The Hall–Kier alpha value is -2.57. The smallest absolute Gasteiger partial charge is 0.257 e. The Morgan fingerprint density at radius 3 is 2.35 bits per heavy atom. The second kappa shape index (κ2) is 9.59. The Labute approximate surface area is 202 Å². The first kappa shape index (κ1) is 23.2. The van der Waals surface area contributed by atoms with Gasteiger partial charge in [-0.05, 0) is 54.4 Å². The minimum absolute atomic E-state index is 0.00789. The number of hydrogen-bond acceptors (Lipinski definition) is 5. The number of likely N-dealkylation sites (tertiary alicyclic amines) is 1. The fourth-order valence-electron chi connectivity index (χ4n) is 6.18. The molecule has 6 heteroatoms. The number of benzene rings is 2. The van der Waals surface area contributed by atoms with Crippen molar-refractivity contribution in [2.75, 3.05) is 33.9 Å². The van der Waals surface area contributed by atoms with Crippen LogP contribution < -0.4 is 14.8 Å². The lowest BCUT2D eigenvalue weighted by molar-refractivity contribution is -0.147. The molecule has 0 aromatic heterocycles. The van der Waals surface area contributed by atoms with Gasteiger partial charge in [-0.15, -0.1) is 0 Å². The number of fused-ring (bicyclic) bond motifs is 1. The maximum atomic E-state index is 13.4. The SMILES string of the molecule is COc1ccc(CCN2C[C@@H]3C(NC(=O)C(O)(c4ccccc4)C4CCCC4)[C@@H]3C2)cc1OC. The lowest BCUT2D eigenvalue weighted by Crippen LogP contribution is -2.51. The molecule has 0 spiro atoms. The number of hydrogen-bond donors (Lipinski definition) is 2. The number of piperidine rings is 1. The molecule has 1 aliphatic heterocycles. The zero-order valence-corrected chi connectivity index (χ0v) is 20.2. The van der Waals surface area contributed by atoms with E-state index in [0.29, 0.717) is 11.8 Å². The van der Waals surface area contributed by atoms with Crippen LogP contribution in [0.5, 0.6) is 11.5 Å². The highest BCUT2D eigenvalue weighted by atomic mass is 16.5. The molecule has 4 atom stereocenters. The van der Waals surface area contributed by atoms with Crippen molar-refractivity contribution in [1.29, 1.82) is 0 Å². The van der Waals surface area contributed by atoms with Crippen molar-refractivity contribution in [2.24, 2.45) is 17.8 Å². The molecule has 0 bridgehead atoms. The number of rotatable bonds is 9. The number of carbonyl (C=O) groups is 1. The van der Waals surface area contributed by atoms with E-state index in [1.807, 2.05) is 42.5 Å². The molecule has 2 saturated carbocycles. The highest BCUT2D eigenvalue weighted by Crippen LogP contribution is 2.47. The Kier molecular flexibility index (Phi) is 6.54. The summed E-state index contributed by atoms with van der Waals surface area (Å²) in [6.45, 7) is 2.98. The molecule has 6 nitrogen and oxygen atoms in total. The largest absolute Gasteiger partial charge is 0.493 e. The monoisotopic (exact) mass is 464 g/mol. The van der Waals surface area contributed by atoms with E-state index in [-0.39, 0.29) is 17.9 Å². The number of methoxy groups -OCH3 is 2. The number of nitrogens with zero attached hydrogens (tertiary/aromatic N) is 1. The minimum atomic E-state index is -1.43. The predicted octanol–water partition coefficient (Wildman–Crippen LogP) is 3.37. The van der Waals surface area contributed by atoms with E-state index in [1.54, 1.807) is 14.2 Å². The minimum Gasteiger partial charge on any atom is -0.493 e. The molecule has 0 radical (unpaired) electrons. The van der Waals surface area contributed by atoms with Crippen LogP contribution in [-0.2, 0) is 16.8 Å². The second-order valence-corrected chi connectivity index (χ2v) is 10.1. The molecular formula is C28H36N2O4. The fourth-order valence-corrected chi connectivity index (χ4v) is 6.18. The van der Waals surface area contributed by atoms with Crippen LogP contribution >= 0.6 is 0 Å². The maximum absolute atomic E-state index is 13.4. The Balaban J connectivity index is 1.16. The summed E-state index contributed by atoms with van der Waals surface area (Å²) in [5.41, 5.74) is 0.524. The molecular weight excluding hydrogens is 428 g/mol. The van der Waals surface area contributed by atoms with Crippen LogP contribution in [0.4, 0.5) is 0 Å². The third-order valence-electron chi connectivity index (χ3n) is 8.24. The summed E-state index contributed by atoms with van der Waals surface area (Å²) in [6, 6.07) is 15.8. The summed E-state index contributed by atoms with van der Waals surface area (Å²) in [5.74, 6) is 2.27. The van der Waals surface area contributed by atoms with E-state index in [2.05, 4.69) is 16.3 Å². The van der Waals surface area contributed by atoms with Gasteiger partial charge in [-0.2, -0.15) is 0 Å². The molecule has 34 heavy (non-hydrogen) atoms. The molecule has 2 unspecified atom stereocenters. The average molecular weight is 465 g/mol. The Morgan fingerprint density at radius 1 is 1.03 bits per heavy atom. The summed E-state index contributed by atoms with van der Waals surface area (Å²) in [6.07, 6.45) is 4.92. The zero-order chi connectivity index (χ0) is 23.7. The van der Waals surface area contributed by atoms with Gasteiger partial charge in [0.05, 0.1) is 14.2 Å². The Bertz CT molecular complexity index is 995. The van der Waals surface area contributed by atoms with Crippen LogP contribution in [-0.4, -0.2) is 55.8 Å². The van der Waals surface area contributed by atoms with Crippen molar-refractivity contribution < 1.29 is 19.4 Å². The van der Waals surface area contributed by atoms with E-state index in [1.165, 1.54) is 5.56 Å². The summed E-state index contributed by atoms with van der Waals surface area (Å²) in [5, 5.41) is 14.9. The first-order chi connectivity index (χ1) is 16.5. The number of carbonyl (C=O) groups excluding carboxylic acids is 1. The highest BCUT2D eigenvalue weighted by Gasteiger charge is 2.58. The zero-order valence-electron chi connectivity index (χ0n) is 20.2. The predicted molar refractivity (Wildman–Crippen MR) is 131 cm³/mol. The molecule has 5 rings (SSSR count). The van der Waals surface area contributed by atoms with Gasteiger partial charge in [0.2, 0.25) is 0 Å². The molecule has 182 valence electrons. The van der Waals surface area contributed by atoms with E-state index < -0.39 is 5.60 Å². The lowest BCUT2D eigenvalue weighted by Gasteiger charge is -2.33. The molecule has 3 aliphatic rings. The number of amides is 1. The van der Waals surface area contributed by atoms with Gasteiger partial charge < -0.3 is 24.8 Å². The normalized spacial score (nSPS) is 26.0. The van der Waals surface area contributed by atoms with E-state index in [0.717, 1.165) is 68.8 Å². The molecule has 1 saturated heterocycles. The van der Waals surface area contributed by atoms with Gasteiger partial charge in [-0.3, -0.25) is 4.79 Å². The first-order valence-corrected chi connectivity index (χ1v) is 12.6. The fraction of sp³-hybridized carbons (Fsp3) is 0.536. The number of nitrogens with one attached hydrogen (secondary N) is 1. The van der Waals surface area contributed by atoms with Crippen molar-refractivity contribution in [3.8, 4) is 11.5 Å². The molecule has 2 aromatic carbocycles. The van der Waals surface area contributed by atoms with Crippen LogP contribution in [0.15, 0.2) is 48.5 Å². The molecule has 1 amide bonds. The van der Waals surface area contributed by atoms with Gasteiger partial charge in [0.25, 0.3) is 5.91 Å². The van der Waals surface area contributed by atoms with Crippen molar-refractivity contribution in [3.05, 3.63) is 59.7 Å². The van der Waals surface area contributed by atoms with Crippen molar-refractivity contribution in [3.63, 3.8) is 0 Å².